The minimum Gasteiger partial charge on any atom is -0.481 e. The molecule has 2 rings (SSSR count). The second-order valence-electron chi connectivity index (χ2n) is 4.84. The summed E-state index contributed by atoms with van der Waals surface area (Å²) in [6.07, 6.45) is 0.402. The maximum Gasteiger partial charge on any atom is 0.303 e. The van der Waals surface area contributed by atoms with E-state index in [9.17, 15) is 9.59 Å². The van der Waals surface area contributed by atoms with Gasteiger partial charge in [-0.05, 0) is 31.5 Å². The number of carbonyl (C=O) groups excluding carboxylic acids is 1. The van der Waals surface area contributed by atoms with Gasteiger partial charge in [-0.2, -0.15) is 0 Å². The number of anilines is 1. The van der Waals surface area contributed by atoms with Gasteiger partial charge in [-0.1, -0.05) is 23.2 Å². The van der Waals surface area contributed by atoms with Gasteiger partial charge in [-0.15, -0.1) is 11.3 Å². The van der Waals surface area contributed by atoms with Crippen LogP contribution in [-0.2, 0) is 9.59 Å². The number of nitrogens with one attached hydrogen (secondary N) is 1. The number of aliphatic carboxylic acids is 1. The zero-order chi connectivity index (χ0) is 17.0. The van der Waals surface area contributed by atoms with Crippen molar-refractivity contribution < 1.29 is 14.7 Å². The standard InChI is InChI=1S/C15H14Cl2N2O3S/c1-8-14(10-6-5-9(16)7-11(10)17)19-15(23-8)18-12(20)3-2-4-13(21)22/h5-7H,2-4H2,1H3,(H,21,22)(H,18,19,20). The fourth-order valence-corrected chi connectivity index (χ4v) is 3.31. The van der Waals surface area contributed by atoms with Crippen LogP contribution in [0.5, 0.6) is 0 Å². The zero-order valence-corrected chi connectivity index (χ0v) is 14.6. The van der Waals surface area contributed by atoms with Crippen LogP contribution < -0.4 is 5.32 Å². The Bertz CT molecular complexity index is 746. The van der Waals surface area contributed by atoms with E-state index in [4.69, 9.17) is 28.3 Å². The lowest BCUT2D eigenvalue weighted by atomic mass is 10.1. The van der Waals surface area contributed by atoms with Crippen LogP contribution in [0.25, 0.3) is 11.3 Å². The smallest absolute Gasteiger partial charge is 0.303 e. The number of amides is 1. The predicted molar refractivity (Wildman–Crippen MR) is 92.4 cm³/mol. The van der Waals surface area contributed by atoms with Crippen molar-refractivity contribution in [3.8, 4) is 11.3 Å². The Morgan fingerprint density at radius 3 is 2.70 bits per heavy atom. The van der Waals surface area contributed by atoms with Gasteiger partial charge < -0.3 is 10.4 Å². The third-order valence-electron chi connectivity index (χ3n) is 3.02. The molecule has 1 amide bonds. The molecule has 122 valence electrons. The minimum absolute atomic E-state index is 0.0318. The van der Waals surface area contributed by atoms with Gasteiger partial charge in [0.1, 0.15) is 0 Å². The van der Waals surface area contributed by atoms with Gasteiger partial charge in [0.25, 0.3) is 0 Å². The van der Waals surface area contributed by atoms with E-state index in [1.54, 1.807) is 18.2 Å². The first-order valence-electron chi connectivity index (χ1n) is 6.81. The van der Waals surface area contributed by atoms with Crippen LogP contribution in [-0.4, -0.2) is 22.0 Å². The Balaban J connectivity index is 2.09. The largest absolute Gasteiger partial charge is 0.481 e. The van der Waals surface area contributed by atoms with Crippen LogP contribution in [0, 0.1) is 6.92 Å². The molecule has 1 aromatic heterocycles. The van der Waals surface area contributed by atoms with E-state index in [0.717, 1.165) is 10.4 Å². The van der Waals surface area contributed by atoms with Crippen LogP contribution in [0.2, 0.25) is 10.0 Å². The molecule has 0 unspecified atom stereocenters. The molecule has 0 radical (unpaired) electrons. The minimum atomic E-state index is -0.914. The molecule has 0 saturated heterocycles. The van der Waals surface area contributed by atoms with Gasteiger partial charge in [0.2, 0.25) is 5.91 Å². The third-order valence-corrected chi connectivity index (χ3v) is 4.46. The highest BCUT2D eigenvalue weighted by atomic mass is 35.5. The van der Waals surface area contributed by atoms with E-state index in [2.05, 4.69) is 10.3 Å². The predicted octanol–water partition coefficient (Wildman–Crippen LogP) is 4.62. The van der Waals surface area contributed by atoms with Gasteiger partial charge in [0.15, 0.2) is 5.13 Å². The fourth-order valence-electron chi connectivity index (χ4n) is 1.96. The molecule has 0 bridgehead atoms. The lowest BCUT2D eigenvalue weighted by Crippen LogP contribution is -2.11. The molecule has 0 aliphatic rings. The van der Waals surface area contributed by atoms with Crippen LogP contribution in [0.1, 0.15) is 24.1 Å². The summed E-state index contributed by atoms with van der Waals surface area (Å²) >= 11 is 13.4. The number of thiazole rings is 1. The highest BCUT2D eigenvalue weighted by Crippen LogP contribution is 2.35. The first-order valence-corrected chi connectivity index (χ1v) is 8.38. The summed E-state index contributed by atoms with van der Waals surface area (Å²) in [6, 6.07) is 5.15. The number of aryl methyl sites for hydroxylation is 1. The summed E-state index contributed by atoms with van der Waals surface area (Å²) in [4.78, 5) is 27.5. The van der Waals surface area contributed by atoms with E-state index < -0.39 is 5.97 Å². The van der Waals surface area contributed by atoms with Crippen molar-refractivity contribution in [3.05, 3.63) is 33.1 Å². The number of carboxylic acids is 1. The number of hydrogen-bond donors (Lipinski definition) is 2. The van der Waals surface area contributed by atoms with Gasteiger partial charge in [-0.3, -0.25) is 9.59 Å². The summed E-state index contributed by atoms with van der Waals surface area (Å²) in [7, 11) is 0. The number of nitrogens with zero attached hydrogens (tertiary/aromatic N) is 1. The lowest BCUT2D eigenvalue weighted by Gasteiger charge is -2.03. The van der Waals surface area contributed by atoms with Gasteiger partial charge in [-0.25, -0.2) is 4.98 Å². The van der Waals surface area contributed by atoms with Gasteiger partial charge in [0.05, 0.1) is 10.7 Å². The molecular formula is C15H14Cl2N2O3S. The molecule has 8 heteroatoms. The quantitative estimate of drug-likeness (QED) is 0.775. The SMILES string of the molecule is Cc1sc(NC(=O)CCCC(=O)O)nc1-c1ccc(Cl)cc1Cl. The van der Waals surface area contributed by atoms with E-state index in [1.165, 1.54) is 11.3 Å². The van der Waals surface area contributed by atoms with E-state index >= 15 is 0 Å². The Morgan fingerprint density at radius 1 is 1.30 bits per heavy atom. The van der Waals surface area contributed by atoms with Crippen molar-refractivity contribution in [1.29, 1.82) is 0 Å². The normalized spacial score (nSPS) is 10.6. The van der Waals surface area contributed by atoms with Crippen molar-refractivity contribution >= 4 is 51.5 Å². The van der Waals surface area contributed by atoms with Crippen molar-refractivity contribution in [3.63, 3.8) is 0 Å². The molecule has 2 N–H and O–H groups in total. The van der Waals surface area contributed by atoms with Gasteiger partial charge in [0, 0.05) is 28.3 Å². The van der Waals surface area contributed by atoms with Gasteiger partial charge >= 0.3 is 5.97 Å². The molecular weight excluding hydrogens is 359 g/mol. The molecule has 0 aliphatic carbocycles. The second kappa shape index (κ2) is 7.77. The molecule has 23 heavy (non-hydrogen) atoms. The van der Waals surface area contributed by atoms with Crippen LogP contribution >= 0.6 is 34.5 Å². The molecule has 0 atom stereocenters. The number of carbonyl (C=O) groups is 2. The molecule has 0 fully saturated rings. The Morgan fingerprint density at radius 2 is 2.04 bits per heavy atom. The first kappa shape index (κ1) is 17.7. The number of carboxylic acid groups (broad SMARTS) is 1. The highest BCUT2D eigenvalue weighted by molar-refractivity contribution is 7.16. The maximum absolute atomic E-state index is 11.8. The maximum atomic E-state index is 11.8. The topological polar surface area (TPSA) is 79.3 Å². The Kier molecular flexibility index (Phi) is 5.98. The Hall–Kier alpha value is -1.63. The van der Waals surface area contributed by atoms with Crippen molar-refractivity contribution in [2.24, 2.45) is 0 Å². The summed E-state index contributed by atoms with van der Waals surface area (Å²) in [6.45, 7) is 1.89. The van der Waals surface area contributed by atoms with Crippen LogP contribution in [0.3, 0.4) is 0 Å². The molecule has 2 aromatic rings. The van der Waals surface area contributed by atoms with Crippen molar-refractivity contribution in [1.82, 2.24) is 4.98 Å². The molecule has 1 heterocycles. The molecule has 0 saturated carbocycles. The van der Waals surface area contributed by atoms with Crippen molar-refractivity contribution in [2.45, 2.75) is 26.2 Å². The molecule has 0 spiro atoms. The monoisotopic (exact) mass is 372 g/mol. The first-order chi connectivity index (χ1) is 10.9. The zero-order valence-electron chi connectivity index (χ0n) is 12.2. The molecule has 0 aliphatic heterocycles. The number of benzene rings is 1. The summed E-state index contributed by atoms with van der Waals surface area (Å²) < 4.78 is 0. The Labute approximate surface area is 147 Å². The summed E-state index contributed by atoms with van der Waals surface area (Å²) in [5.74, 6) is -1.17. The lowest BCUT2D eigenvalue weighted by molar-refractivity contribution is -0.137. The van der Waals surface area contributed by atoms with Crippen molar-refractivity contribution in [2.75, 3.05) is 5.32 Å². The highest BCUT2D eigenvalue weighted by Gasteiger charge is 2.14. The van der Waals surface area contributed by atoms with E-state index in [-0.39, 0.29) is 18.7 Å². The summed E-state index contributed by atoms with van der Waals surface area (Å²) in [5, 5.41) is 12.7. The van der Waals surface area contributed by atoms with E-state index in [0.29, 0.717) is 27.3 Å². The third kappa shape index (κ3) is 4.92. The number of hydrogen-bond acceptors (Lipinski definition) is 4. The number of rotatable bonds is 6. The molecule has 1 aromatic carbocycles. The average Bonchev–Trinajstić information content (AvgIpc) is 2.78. The molecule has 5 nitrogen and oxygen atoms in total. The average molecular weight is 373 g/mol. The van der Waals surface area contributed by atoms with E-state index in [1.807, 2.05) is 6.92 Å². The van der Waals surface area contributed by atoms with Crippen LogP contribution in [0.4, 0.5) is 5.13 Å². The second-order valence-corrected chi connectivity index (χ2v) is 6.89. The number of aromatic nitrogens is 1. The fraction of sp³-hybridized carbons (Fsp3) is 0.267. The number of halogens is 2. The summed E-state index contributed by atoms with van der Waals surface area (Å²) in [5.41, 5.74) is 1.44. The van der Waals surface area contributed by atoms with Crippen LogP contribution in [0.15, 0.2) is 18.2 Å².